The van der Waals surface area contributed by atoms with Crippen molar-refractivity contribution in [1.82, 2.24) is 9.38 Å². The van der Waals surface area contributed by atoms with Crippen LogP contribution in [-0.4, -0.2) is 15.4 Å². The normalized spacial score (nSPS) is 12.1. The molecule has 5 nitrogen and oxygen atoms in total. The lowest BCUT2D eigenvalue weighted by Crippen LogP contribution is -2.19. The number of benzene rings is 1. The lowest BCUT2D eigenvalue weighted by atomic mass is 9.97. The highest BCUT2D eigenvalue weighted by molar-refractivity contribution is 5.78. The molecule has 3 rings (SSSR count). The summed E-state index contributed by atoms with van der Waals surface area (Å²) in [5.74, 6) is -0.620. The molecular formula is C20H20N2O3. The third-order valence-corrected chi connectivity index (χ3v) is 4.20. The number of hydrogen-bond donors (Lipinski definition) is 0. The van der Waals surface area contributed by atoms with Crippen molar-refractivity contribution in [2.45, 2.75) is 32.8 Å². The number of aryl methyl sites for hydroxylation is 1. The standard InChI is InChI=1S/C20H20N2O3/c1-3-17(15-9-5-4-6-10-15)20(24)25-13-16-12-18(23)22-11-7-8-14(2)19(22)21-16/h4-12,17H,3,13H2,1-2H3/t17-/m0/s1. The number of pyridine rings is 1. The number of rotatable bonds is 5. The molecule has 0 amide bonds. The molecule has 2 heterocycles. The maximum Gasteiger partial charge on any atom is 0.313 e. The summed E-state index contributed by atoms with van der Waals surface area (Å²) in [6.07, 6.45) is 2.33. The van der Waals surface area contributed by atoms with Crippen molar-refractivity contribution in [1.29, 1.82) is 0 Å². The van der Waals surface area contributed by atoms with Gasteiger partial charge in [-0.1, -0.05) is 43.3 Å². The first-order chi connectivity index (χ1) is 12.1. The summed E-state index contributed by atoms with van der Waals surface area (Å²) >= 11 is 0. The van der Waals surface area contributed by atoms with Crippen LogP contribution in [0.1, 0.15) is 36.1 Å². The van der Waals surface area contributed by atoms with E-state index < -0.39 is 0 Å². The second-order valence-electron chi connectivity index (χ2n) is 5.95. The lowest BCUT2D eigenvalue weighted by Gasteiger charge is -2.14. The molecule has 0 radical (unpaired) electrons. The number of fused-ring (bicyclic) bond motifs is 1. The van der Waals surface area contributed by atoms with Crippen LogP contribution in [0.4, 0.5) is 0 Å². The summed E-state index contributed by atoms with van der Waals surface area (Å²) in [6, 6.07) is 14.6. The van der Waals surface area contributed by atoms with E-state index in [2.05, 4.69) is 4.98 Å². The summed E-state index contributed by atoms with van der Waals surface area (Å²) in [5.41, 5.74) is 2.67. The number of aromatic nitrogens is 2. The molecule has 2 aromatic heterocycles. The molecule has 25 heavy (non-hydrogen) atoms. The van der Waals surface area contributed by atoms with Gasteiger partial charge in [-0.15, -0.1) is 0 Å². The van der Waals surface area contributed by atoms with Crippen molar-refractivity contribution in [2.24, 2.45) is 0 Å². The Kier molecular flexibility index (Phi) is 4.93. The molecule has 0 bridgehead atoms. The van der Waals surface area contributed by atoms with Crippen molar-refractivity contribution in [3.8, 4) is 0 Å². The van der Waals surface area contributed by atoms with Gasteiger partial charge in [0.2, 0.25) is 0 Å². The molecule has 0 spiro atoms. The van der Waals surface area contributed by atoms with Gasteiger partial charge in [-0.05, 0) is 30.5 Å². The summed E-state index contributed by atoms with van der Waals surface area (Å²) < 4.78 is 6.92. The van der Waals surface area contributed by atoms with Crippen LogP contribution in [0.3, 0.4) is 0 Å². The molecule has 0 saturated carbocycles. The quantitative estimate of drug-likeness (QED) is 0.671. The monoisotopic (exact) mass is 336 g/mol. The van der Waals surface area contributed by atoms with E-state index in [4.69, 9.17) is 4.74 Å². The molecule has 0 aliphatic rings. The van der Waals surface area contributed by atoms with Crippen LogP contribution in [0.25, 0.3) is 5.65 Å². The molecule has 0 saturated heterocycles. The smallest absolute Gasteiger partial charge is 0.313 e. The molecule has 1 atom stereocenters. The number of esters is 1. The minimum atomic E-state index is -0.315. The summed E-state index contributed by atoms with van der Waals surface area (Å²) in [6.45, 7) is 3.82. The third-order valence-electron chi connectivity index (χ3n) is 4.20. The largest absolute Gasteiger partial charge is 0.459 e. The highest BCUT2D eigenvalue weighted by Gasteiger charge is 2.20. The Morgan fingerprint density at radius 1 is 1.20 bits per heavy atom. The van der Waals surface area contributed by atoms with Crippen LogP contribution in [0.2, 0.25) is 0 Å². The molecule has 3 aromatic rings. The Labute approximate surface area is 145 Å². The maximum absolute atomic E-state index is 12.4. The van der Waals surface area contributed by atoms with Gasteiger partial charge < -0.3 is 4.74 Å². The molecular weight excluding hydrogens is 316 g/mol. The van der Waals surface area contributed by atoms with Crippen molar-refractivity contribution in [3.05, 3.63) is 81.9 Å². The van der Waals surface area contributed by atoms with Crippen LogP contribution in [-0.2, 0) is 16.1 Å². The number of nitrogens with zero attached hydrogens (tertiary/aromatic N) is 2. The van der Waals surface area contributed by atoms with Gasteiger partial charge in [0.15, 0.2) is 0 Å². The minimum absolute atomic E-state index is 0.0117. The third kappa shape index (κ3) is 3.60. The van der Waals surface area contributed by atoms with Crippen LogP contribution in [0.15, 0.2) is 59.5 Å². The van der Waals surface area contributed by atoms with Gasteiger partial charge in [-0.2, -0.15) is 0 Å². The predicted molar refractivity (Wildman–Crippen MR) is 95.5 cm³/mol. The van der Waals surface area contributed by atoms with E-state index in [-0.39, 0.29) is 24.1 Å². The highest BCUT2D eigenvalue weighted by Crippen LogP contribution is 2.21. The van der Waals surface area contributed by atoms with E-state index in [9.17, 15) is 9.59 Å². The first kappa shape index (κ1) is 16.9. The Morgan fingerprint density at radius 3 is 2.68 bits per heavy atom. The van der Waals surface area contributed by atoms with E-state index in [0.717, 1.165) is 11.1 Å². The first-order valence-electron chi connectivity index (χ1n) is 8.29. The van der Waals surface area contributed by atoms with Gasteiger partial charge in [0, 0.05) is 12.3 Å². The Bertz CT molecular complexity index is 948. The van der Waals surface area contributed by atoms with Crippen LogP contribution >= 0.6 is 0 Å². The molecule has 0 N–H and O–H groups in total. The maximum atomic E-state index is 12.4. The van der Waals surface area contributed by atoms with Gasteiger partial charge in [0.1, 0.15) is 12.3 Å². The molecule has 128 valence electrons. The zero-order valence-corrected chi connectivity index (χ0v) is 14.3. The van der Waals surface area contributed by atoms with Crippen LogP contribution < -0.4 is 5.56 Å². The average Bonchev–Trinajstić information content (AvgIpc) is 2.62. The molecule has 0 aliphatic carbocycles. The summed E-state index contributed by atoms with van der Waals surface area (Å²) in [5, 5.41) is 0. The SMILES string of the molecule is CC[C@H](C(=O)OCc1cc(=O)n2cccc(C)c2n1)c1ccccc1. The summed E-state index contributed by atoms with van der Waals surface area (Å²) in [4.78, 5) is 29.1. The average molecular weight is 336 g/mol. The Morgan fingerprint density at radius 2 is 1.96 bits per heavy atom. The number of carbonyl (C=O) groups excluding carboxylic acids is 1. The fourth-order valence-corrected chi connectivity index (χ4v) is 2.85. The van der Waals surface area contributed by atoms with E-state index >= 15 is 0 Å². The Balaban J connectivity index is 1.79. The van der Waals surface area contributed by atoms with Gasteiger partial charge in [0.05, 0.1) is 11.6 Å². The first-order valence-corrected chi connectivity index (χ1v) is 8.29. The van der Waals surface area contributed by atoms with Crippen molar-refractivity contribution >= 4 is 11.6 Å². The number of ether oxygens (including phenoxy) is 1. The topological polar surface area (TPSA) is 60.7 Å². The van der Waals surface area contributed by atoms with Gasteiger partial charge in [-0.3, -0.25) is 14.0 Å². The second kappa shape index (κ2) is 7.30. The highest BCUT2D eigenvalue weighted by atomic mass is 16.5. The fraction of sp³-hybridized carbons (Fsp3) is 0.250. The van der Waals surface area contributed by atoms with Crippen LogP contribution in [0.5, 0.6) is 0 Å². The molecule has 0 fully saturated rings. The van der Waals surface area contributed by atoms with Crippen molar-refractivity contribution in [2.75, 3.05) is 0 Å². The van der Waals surface area contributed by atoms with Gasteiger partial charge >= 0.3 is 5.97 Å². The fourth-order valence-electron chi connectivity index (χ4n) is 2.85. The minimum Gasteiger partial charge on any atom is -0.459 e. The Hall–Kier alpha value is -2.95. The molecule has 1 aromatic carbocycles. The zero-order valence-electron chi connectivity index (χ0n) is 14.3. The van der Waals surface area contributed by atoms with E-state index in [1.54, 1.807) is 12.3 Å². The van der Waals surface area contributed by atoms with E-state index in [0.29, 0.717) is 17.8 Å². The predicted octanol–water partition coefficient (Wildman–Crippen LogP) is 3.24. The van der Waals surface area contributed by atoms with E-state index in [1.807, 2.05) is 50.2 Å². The molecule has 0 aliphatic heterocycles. The van der Waals surface area contributed by atoms with Crippen LogP contribution in [0, 0.1) is 6.92 Å². The molecule has 5 heteroatoms. The zero-order chi connectivity index (χ0) is 17.8. The second-order valence-corrected chi connectivity index (χ2v) is 5.95. The lowest BCUT2D eigenvalue weighted by molar-refractivity contribution is -0.147. The molecule has 0 unspecified atom stereocenters. The van der Waals surface area contributed by atoms with E-state index in [1.165, 1.54) is 10.5 Å². The van der Waals surface area contributed by atoms with Crippen molar-refractivity contribution in [3.63, 3.8) is 0 Å². The summed E-state index contributed by atoms with van der Waals surface area (Å²) in [7, 11) is 0. The number of carbonyl (C=O) groups is 1. The van der Waals surface area contributed by atoms with Crippen molar-refractivity contribution < 1.29 is 9.53 Å². The van der Waals surface area contributed by atoms with Gasteiger partial charge in [-0.25, -0.2) is 4.98 Å². The number of hydrogen-bond acceptors (Lipinski definition) is 4. The van der Waals surface area contributed by atoms with Gasteiger partial charge in [0.25, 0.3) is 5.56 Å².